The first kappa shape index (κ1) is 11.5. The van der Waals surface area contributed by atoms with Crippen LogP contribution in [0.25, 0.3) is 11.1 Å². The molecule has 0 aromatic heterocycles. The van der Waals surface area contributed by atoms with Gasteiger partial charge in [-0.25, -0.2) is 0 Å². The smallest absolute Gasteiger partial charge is 0.0991 e. The van der Waals surface area contributed by atoms with E-state index in [-0.39, 0.29) is 0 Å². The van der Waals surface area contributed by atoms with Crippen LogP contribution in [-0.4, -0.2) is 10.9 Å². The average molecular weight is 248 g/mol. The molecule has 0 atom stereocenters. The molecule has 0 spiro atoms. The highest BCUT2D eigenvalue weighted by Crippen LogP contribution is 2.28. The highest BCUT2D eigenvalue weighted by atomic mass is 16.4. The van der Waals surface area contributed by atoms with Crippen molar-refractivity contribution in [1.29, 1.82) is 5.26 Å². The minimum Gasteiger partial charge on any atom is -0.411 e. The second-order valence-electron chi connectivity index (χ2n) is 4.61. The molecule has 3 heteroatoms. The molecule has 3 rings (SSSR count). The van der Waals surface area contributed by atoms with Crippen LogP contribution in [0.5, 0.6) is 0 Å². The maximum absolute atomic E-state index is 8.91. The number of nitrogens with zero attached hydrogens (tertiary/aromatic N) is 2. The Balaban J connectivity index is 2.01. The number of oxime groups is 1. The summed E-state index contributed by atoms with van der Waals surface area (Å²) in [5.41, 5.74) is 5.91. The Labute approximate surface area is 111 Å². The zero-order valence-electron chi connectivity index (χ0n) is 10.3. The summed E-state index contributed by atoms with van der Waals surface area (Å²) in [5, 5.41) is 21.0. The topological polar surface area (TPSA) is 56.4 Å². The van der Waals surface area contributed by atoms with Crippen LogP contribution < -0.4 is 0 Å². The van der Waals surface area contributed by atoms with E-state index in [0.717, 1.165) is 35.2 Å². The van der Waals surface area contributed by atoms with Crippen molar-refractivity contribution in [2.45, 2.75) is 12.8 Å². The van der Waals surface area contributed by atoms with Crippen LogP contribution in [0, 0.1) is 11.3 Å². The first-order valence-electron chi connectivity index (χ1n) is 6.16. The van der Waals surface area contributed by atoms with E-state index < -0.39 is 0 Å². The van der Waals surface area contributed by atoms with E-state index in [2.05, 4.69) is 17.3 Å². The normalized spacial score (nSPS) is 15.2. The van der Waals surface area contributed by atoms with Gasteiger partial charge in [0.2, 0.25) is 0 Å². The first-order chi connectivity index (χ1) is 9.31. The molecule has 0 radical (unpaired) electrons. The molecular weight excluding hydrogens is 236 g/mol. The van der Waals surface area contributed by atoms with E-state index in [9.17, 15) is 0 Å². The SMILES string of the molecule is N#Cc1ccc(-c2ccc3c(c2)CCC3=NO)cc1. The van der Waals surface area contributed by atoms with Crippen LogP contribution in [0.15, 0.2) is 47.6 Å². The third-order valence-electron chi connectivity index (χ3n) is 3.52. The fourth-order valence-corrected chi connectivity index (χ4v) is 2.49. The Morgan fingerprint density at radius 3 is 2.42 bits per heavy atom. The van der Waals surface area contributed by atoms with Crippen LogP contribution in [0.1, 0.15) is 23.1 Å². The molecule has 0 heterocycles. The number of hydrogen-bond acceptors (Lipinski definition) is 3. The second kappa shape index (κ2) is 4.58. The van der Waals surface area contributed by atoms with Crippen molar-refractivity contribution >= 4 is 5.71 Å². The number of aryl methyl sites for hydroxylation is 1. The van der Waals surface area contributed by atoms with Crippen molar-refractivity contribution in [2.24, 2.45) is 5.16 Å². The highest BCUT2D eigenvalue weighted by Gasteiger charge is 2.18. The molecule has 1 aliphatic rings. The third kappa shape index (κ3) is 1.98. The van der Waals surface area contributed by atoms with Gasteiger partial charge >= 0.3 is 0 Å². The minimum atomic E-state index is 0.666. The molecule has 1 N–H and O–H groups in total. The van der Waals surface area contributed by atoms with Gasteiger partial charge in [-0.05, 0) is 41.7 Å². The number of benzene rings is 2. The molecule has 0 saturated carbocycles. The molecule has 2 aromatic carbocycles. The van der Waals surface area contributed by atoms with Crippen LogP contribution in [-0.2, 0) is 6.42 Å². The van der Waals surface area contributed by atoms with Crippen LogP contribution in [0.2, 0.25) is 0 Å². The lowest BCUT2D eigenvalue weighted by Crippen LogP contribution is -1.93. The first-order valence-corrected chi connectivity index (χ1v) is 6.16. The van der Waals surface area contributed by atoms with E-state index in [1.165, 1.54) is 5.56 Å². The lowest BCUT2D eigenvalue weighted by molar-refractivity contribution is 0.318. The van der Waals surface area contributed by atoms with Gasteiger partial charge in [0, 0.05) is 5.56 Å². The van der Waals surface area contributed by atoms with Gasteiger partial charge in [-0.3, -0.25) is 0 Å². The molecule has 0 amide bonds. The summed E-state index contributed by atoms with van der Waals surface area (Å²) in [4.78, 5) is 0. The summed E-state index contributed by atoms with van der Waals surface area (Å²) in [6.45, 7) is 0. The fourth-order valence-electron chi connectivity index (χ4n) is 2.49. The molecule has 1 aliphatic carbocycles. The van der Waals surface area contributed by atoms with E-state index in [1.54, 1.807) is 0 Å². The van der Waals surface area contributed by atoms with Crippen molar-refractivity contribution in [2.75, 3.05) is 0 Å². The van der Waals surface area contributed by atoms with Crippen molar-refractivity contribution in [3.8, 4) is 17.2 Å². The molecule has 0 unspecified atom stereocenters. The van der Waals surface area contributed by atoms with Crippen LogP contribution in [0.3, 0.4) is 0 Å². The highest BCUT2D eigenvalue weighted by molar-refractivity contribution is 6.04. The summed E-state index contributed by atoms with van der Waals surface area (Å²) < 4.78 is 0. The zero-order chi connectivity index (χ0) is 13.2. The number of rotatable bonds is 1. The maximum atomic E-state index is 8.91. The summed E-state index contributed by atoms with van der Waals surface area (Å²) >= 11 is 0. The molecular formula is C16H12N2O. The second-order valence-corrected chi connectivity index (χ2v) is 4.61. The third-order valence-corrected chi connectivity index (χ3v) is 3.52. The summed E-state index contributed by atoms with van der Waals surface area (Å²) in [6.07, 6.45) is 1.71. The lowest BCUT2D eigenvalue weighted by atomic mass is 9.99. The quantitative estimate of drug-likeness (QED) is 0.621. The molecule has 3 nitrogen and oxygen atoms in total. The van der Waals surface area contributed by atoms with E-state index in [1.807, 2.05) is 36.4 Å². The standard InChI is InChI=1S/C16H12N2O/c17-10-11-1-3-12(4-2-11)13-5-7-15-14(9-13)6-8-16(15)18-19/h1-5,7,9,19H,6,8H2. The lowest BCUT2D eigenvalue weighted by Gasteiger charge is -2.05. The molecule has 0 fully saturated rings. The van der Waals surface area contributed by atoms with Crippen LogP contribution in [0.4, 0.5) is 0 Å². The number of fused-ring (bicyclic) bond motifs is 1. The summed E-state index contributed by atoms with van der Waals surface area (Å²) in [7, 11) is 0. The van der Waals surface area contributed by atoms with Crippen molar-refractivity contribution < 1.29 is 5.21 Å². The van der Waals surface area contributed by atoms with Gasteiger partial charge in [-0.15, -0.1) is 0 Å². The Morgan fingerprint density at radius 2 is 1.74 bits per heavy atom. The Morgan fingerprint density at radius 1 is 1.00 bits per heavy atom. The van der Waals surface area contributed by atoms with Crippen LogP contribution >= 0.6 is 0 Å². The average Bonchev–Trinajstić information content (AvgIpc) is 2.89. The Kier molecular flexibility index (Phi) is 2.77. The van der Waals surface area contributed by atoms with Crippen molar-refractivity contribution in [3.63, 3.8) is 0 Å². The fraction of sp³-hybridized carbons (Fsp3) is 0.125. The van der Waals surface area contributed by atoms with Crippen molar-refractivity contribution in [3.05, 3.63) is 59.2 Å². The number of nitriles is 1. The summed E-state index contributed by atoms with van der Waals surface area (Å²) in [6, 6.07) is 15.8. The molecule has 92 valence electrons. The summed E-state index contributed by atoms with van der Waals surface area (Å²) in [5.74, 6) is 0. The molecule has 0 bridgehead atoms. The van der Waals surface area contributed by atoms with Gasteiger partial charge in [-0.1, -0.05) is 35.5 Å². The van der Waals surface area contributed by atoms with Gasteiger partial charge in [0.15, 0.2) is 0 Å². The zero-order valence-corrected chi connectivity index (χ0v) is 10.3. The van der Waals surface area contributed by atoms with Crippen molar-refractivity contribution in [1.82, 2.24) is 0 Å². The Bertz CT molecular complexity index is 694. The molecule has 2 aromatic rings. The largest absolute Gasteiger partial charge is 0.411 e. The maximum Gasteiger partial charge on any atom is 0.0991 e. The monoisotopic (exact) mass is 248 g/mol. The number of hydrogen-bond donors (Lipinski definition) is 1. The molecule has 19 heavy (non-hydrogen) atoms. The van der Waals surface area contributed by atoms with E-state index in [4.69, 9.17) is 10.5 Å². The predicted molar refractivity (Wildman–Crippen MR) is 73.2 cm³/mol. The van der Waals surface area contributed by atoms with Gasteiger partial charge in [0.05, 0.1) is 17.3 Å². The van der Waals surface area contributed by atoms with Gasteiger partial charge in [-0.2, -0.15) is 5.26 Å². The predicted octanol–water partition coefficient (Wildman–Crippen LogP) is 3.35. The Hall–Kier alpha value is -2.60. The minimum absolute atomic E-state index is 0.666. The molecule has 0 aliphatic heterocycles. The van der Waals surface area contributed by atoms with Gasteiger partial charge < -0.3 is 5.21 Å². The van der Waals surface area contributed by atoms with Gasteiger partial charge in [0.25, 0.3) is 0 Å². The molecule has 0 saturated heterocycles. The van der Waals surface area contributed by atoms with E-state index >= 15 is 0 Å². The van der Waals surface area contributed by atoms with E-state index in [0.29, 0.717) is 5.56 Å². The van der Waals surface area contributed by atoms with Gasteiger partial charge in [0.1, 0.15) is 0 Å².